The summed E-state index contributed by atoms with van der Waals surface area (Å²) in [6.07, 6.45) is -2.38. The molecule has 0 aromatic rings. The minimum absolute atomic E-state index is 0.157. The van der Waals surface area contributed by atoms with Gasteiger partial charge in [-0.05, 0) is 5.92 Å². The number of hydrogen-bond donors (Lipinski definition) is 2. The maximum Gasteiger partial charge on any atom is 0.162 e. The largest absolute Gasteiger partial charge is 0.390 e. The van der Waals surface area contributed by atoms with E-state index in [1.54, 1.807) is 14.0 Å². The zero-order valence-corrected chi connectivity index (χ0v) is 9.18. The van der Waals surface area contributed by atoms with Gasteiger partial charge >= 0.3 is 0 Å². The average Bonchev–Trinajstić information content (AvgIpc) is 2.14. The summed E-state index contributed by atoms with van der Waals surface area (Å²) in [5, 5.41) is 19.5. The highest BCUT2D eigenvalue weighted by molar-refractivity contribution is 4.88. The van der Waals surface area contributed by atoms with Gasteiger partial charge in [0.25, 0.3) is 0 Å². The third kappa shape index (κ3) is 2.08. The molecule has 0 amide bonds. The SMILES string of the molecule is COC1OC(C(C)C)C(O)C(O)C1C. The maximum atomic E-state index is 9.76. The van der Waals surface area contributed by atoms with Crippen molar-refractivity contribution >= 4 is 0 Å². The zero-order chi connectivity index (χ0) is 10.9. The predicted octanol–water partition coefficient (Wildman–Crippen LogP) is 0.372. The fourth-order valence-corrected chi connectivity index (χ4v) is 1.85. The molecule has 4 nitrogen and oxygen atoms in total. The topological polar surface area (TPSA) is 58.9 Å². The van der Waals surface area contributed by atoms with E-state index in [0.29, 0.717) is 0 Å². The molecule has 1 fully saturated rings. The van der Waals surface area contributed by atoms with Gasteiger partial charge in [-0.15, -0.1) is 0 Å². The maximum absolute atomic E-state index is 9.76. The van der Waals surface area contributed by atoms with Gasteiger partial charge in [0.15, 0.2) is 6.29 Å². The molecule has 1 aliphatic rings. The van der Waals surface area contributed by atoms with Crippen molar-refractivity contribution in [1.82, 2.24) is 0 Å². The predicted molar refractivity (Wildman–Crippen MR) is 51.7 cm³/mol. The fraction of sp³-hybridized carbons (Fsp3) is 1.00. The molecule has 5 atom stereocenters. The zero-order valence-electron chi connectivity index (χ0n) is 9.18. The Labute approximate surface area is 84.8 Å². The Bertz CT molecular complexity index is 181. The molecular weight excluding hydrogens is 184 g/mol. The van der Waals surface area contributed by atoms with E-state index in [2.05, 4.69) is 0 Å². The Hall–Kier alpha value is -0.160. The number of methoxy groups -OCH3 is 1. The molecule has 14 heavy (non-hydrogen) atoms. The summed E-state index contributed by atoms with van der Waals surface area (Å²) in [4.78, 5) is 0. The Morgan fingerprint density at radius 2 is 1.79 bits per heavy atom. The molecule has 0 aromatic heterocycles. The summed E-state index contributed by atoms with van der Waals surface area (Å²) in [7, 11) is 1.54. The second kappa shape index (κ2) is 4.57. The summed E-state index contributed by atoms with van der Waals surface area (Å²) < 4.78 is 10.7. The van der Waals surface area contributed by atoms with Crippen molar-refractivity contribution in [3.8, 4) is 0 Å². The molecule has 84 valence electrons. The van der Waals surface area contributed by atoms with Crippen molar-refractivity contribution in [2.24, 2.45) is 11.8 Å². The van der Waals surface area contributed by atoms with Gasteiger partial charge in [0.1, 0.15) is 6.10 Å². The number of rotatable bonds is 2. The van der Waals surface area contributed by atoms with Crippen LogP contribution in [0.1, 0.15) is 20.8 Å². The lowest BCUT2D eigenvalue weighted by Gasteiger charge is -2.42. The van der Waals surface area contributed by atoms with Crippen molar-refractivity contribution in [2.75, 3.05) is 7.11 Å². The lowest BCUT2D eigenvalue weighted by Crippen LogP contribution is -2.55. The van der Waals surface area contributed by atoms with Crippen molar-refractivity contribution < 1.29 is 19.7 Å². The van der Waals surface area contributed by atoms with E-state index >= 15 is 0 Å². The van der Waals surface area contributed by atoms with Gasteiger partial charge in [-0.25, -0.2) is 0 Å². The third-order valence-corrected chi connectivity index (χ3v) is 2.84. The van der Waals surface area contributed by atoms with Crippen LogP contribution in [0, 0.1) is 11.8 Å². The minimum atomic E-state index is -0.823. The van der Waals surface area contributed by atoms with Gasteiger partial charge in [0.05, 0.1) is 12.2 Å². The van der Waals surface area contributed by atoms with E-state index in [9.17, 15) is 10.2 Å². The Kier molecular flexibility index (Phi) is 3.89. The highest BCUT2D eigenvalue weighted by atomic mass is 16.7. The molecule has 0 saturated carbocycles. The molecule has 0 radical (unpaired) electrons. The van der Waals surface area contributed by atoms with Crippen LogP contribution < -0.4 is 0 Å². The third-order valence-electron chi connectivity index (χ3n) is 2.84. The summed E-state index contributed by atoms with van der Waals surface area (Å²) in [6.45, 7) is 5.70. The van der Waals surface area contributed by atoms with Crippen molar-refractivity contribution in [3.05, 3.63) is 0 Å². The molecule has 4 heteroatoms. The Balaban J connectivity index is 2.73. The standard InChI is InChI=1S/C10H20O4/c1-5(2)9-8(12)7(11)6(3)10(13-4)14-9/h5-12H,1-4H3. The van der Waals surface area contributed by atoms with E-state index in [1.165, 1.54) is 0 Å². The summed E-state index contributed by atoms with van der Waals surface area (Å²) in [5.74, 6) is -0.0465. The molecule has 2 N–H and O–H groups in total. The summed E-state index contributed by atoms with van der Waals surface area (Å²) in [5.41, 5.74) is 0. The van der Waals surface area contributed by atoms with Gasteiger partial charge < -0.3 is 19.7 Å². The van der Waals surface area contributed by atoms with Crippen LogP contribution in [0.5, 0.6) is 0 Å². The first-order chi connectivity index (χ1) is 6.49. The van der Waals surface area contributed by atoms with Crippen LogP contribution >= 0.6 is 0 Å². The van der Waals surface area contributed by atoms with Crippen molar-refractivity contribution in [3.63, 3.8) is 0 Å². The van der Waals surface area contributed by atoms with Gasteiger partial charge in [-0.3, -0.25) is 0 Å². The lowest BCUT2D eigenvalue weighted by molar-refractivity contribution is -0.277. The van der Waals surface area contributed by atoms with Crippen molar-refractivity contribution in [2.45, 2.75) is 45.4 Å². The smallest absolute Gasteiger partial charge is 0.162 e. The van der Waals surface area contributed by atoms with Crippen LogP contribution in [0.25, 0.3) is 0 Å². The summed E-state index contributed by atoms with van der Waals surface area (Å²) >= 11 is 0. The normalized spacial score (nSPS) is 44.4. The van der Waals surface area contributed by atoms with Crippen LogP contribution in [0.4, 0.5) is 0 Å². The van der Waals surface area contributed by atoms with E-state index in [-0.39, 0.29) is 17.9 Å². The number of aliphatic hydroxyl groups excluding tert-OH is 2. The van der Waals surface area contributed by atoms with E-state index in [0.717, 1.165) is 0 Å². The van der Waals surface area contributed by atoms with Gasteiger partial charge in [-0.2, -0.15) is 0 Å². The van der Waals surface area contributed by atoms with Crippen LogP contribution in [-0.4, -0.2) is 41.9 Å². The second-order valence-corrected chi connectivity index (χ2v) is 4.29. The highest BCUT2D eigenvalue weighted by Gasteiger charge is 2.43. The van der Waals surface area contributed by atoms with E-state index < -0.39 is 18.5 Å². The van der Waals surface area contributed by atoms with E-state index in [1.807, 2.05) is 13.8 Å². The van der Waals surface area contributed by atoms with Gasteiger partial charge in [-0.1, -0.05) is 20.8 Å². The average molecular weight is 204 g/mol. The first-order valence-corrected chi connectivity index (χ1v) is 5.03. The lowest BCUT2D eigenvalue weighted by atomic mass is 9.88. The summed E-state index contributed by atoms with van der Waals surface area (Å²) in [6, 6.07) is 0. The van der Waals surface area contributed by atoms with Gasteiger partial charge in [0.2, 0.25) is 0 Å². The number of hydrogen-bond acceptors (Lipinski definition) is 4. The second-order valence-electron chi connectivity index (χ2n) is 4.29. The Morgan fingerprint density at radius 3 is 2.21 bits per heavy atom. The first kappa shape index (κ1) is 11.9. The monoisotopic (exact) mass is 204 g/mol. The van der Waals surface area contributed by atoms with Crippen LogP contribution in [0.3, 0.4) is 0 Å². The first-order valence-electron chi connectivity index (χ1n) is 5.03. The van der Waals surface area contributed by atoms with Crippen LogP contribution in [0.2, 0.25) is 0 Å². The molecule has 1 heterocycles. The number of ether oxygens (including phenoxy) is 2. The Morgan fingerprint density at radius 1 is 1.21 bits per heavy atom. The quantitative estimate of drug-likeness (QED) is 0.682. The molecular formula is C10H20O4. The molecule has 5 unspecified atom stereocenters. The van der Waals surface area contributed by atoms with E-state index in [4.69, 9.17) is 9.47 Å². The minimum Gasteiger partial charge on any atom is -0.390 e. The highest BCUT2D eigenvalue weighted by Crippen LogP contribution is 2.29. The fourth-order valence-electron chi connectivity index (χ4n) is 1.85. The molecule has 0 spiro atoms. The molecule has 1 aliphatic heterocycles. The molecule has 0 aliphatic carbocycles. The number of aliphatic hydroxyl groups is 2. The van der Waals surface area contributed by atoms with Crippen LogP contribution in [0.15, 0.2) is 0 Å². The van der Waals surface area contributed by atoms with Crippen molar-refractivity contribution in [1.29, 1.82) is 0 Å². The molecule has 0 aromatic carbocycles. The van der Waals surface area contributed by atoms with Crippen LogP contribution in [-0.2, 0) is 9.47 Å². The van der Waals surface area contributed by atoms with Gasteiger partial charge in [0, 0.05) is 13.0 Å². The molecule has 1 saturated heterocycles. The molecule has 0 bridgehead atoms. The molecule has 1 rings (SSSR count).